The fourth-order valence-corrected chi connectivity index (χ4v) is 3.59. The molecule has 0 bridgehead atoms. The predicted molar refractivity (Wildman–Crippen MR) is 80.4 cm³/mol. The monoisotopic (exact) mass is 311 g/mol. The molecule has 1 saturated heterocycles. The molecular weight excluding hydrogens is 294 g/mol. The maximum absolute atomic E-state index is 13.1. The van der Waals surface area contributed by atoms with Crippen molar-refractivity contribution in [1.29, 1.82) is 5.26 Å². The van der Waals surface area contributed by atoms with Crippen LogP contribution in [-0.4, -0.2) is 30.0 Å². The number of fused-ring (bicyclic) bond motifs is 2. The summed E-state index contributed by atoms with van der Waals surface area (Å²) >= 11 is 0. The Morgan fingerprint density at radius 3 is 2.78 bits per heavy atom. The van der Waals surface area contributed by atoms with E-state index in [1.165, 1.54) is 4.90 Å². The second-order valence-electron chi connectivity index (χ2n) is 6.66. The van der Waals surface area contributed by atoms with Crippen molar-refractivity contribution < 1.29 is 14.3 Å². The van der Waals surface area contributed by atoms with Gasteiger partial charge in [0.25, 0.3) is 5.91 Å². The standard InChI is InChI=1S/C17H17N3O3/c18-9-7-16(5-6-16)11-20-14(21)17(19-15(20)22)8-10-23-13-4-2-1-3-12(13)17/h1-4H,5-8,10-11H2,(H,19,22). The highest BCUT2D eigenvalue weighted by Crippen LogP contribution is 2.50. The number of ether oxygens (including phenoxy) is 1. The van der Waals surface area contributed by atoms with Gasteiger partial charge in [0.15, 0.2) is 5.54 Å². The van der Waals surface area contributed by atoms with Crippen LogP contribution in [0, 0.1) is 16.7 Å². The van der Waals surface area contributed by atoms with E-state index in [0.29, 0.717) is 31.7 Å². The zero-order valence-electron chi connectivity index (χ0n) is 12.7. The van der Waals surface area contributed by atoms with Crippen molar-refractivity contribution in [2.45, 2.75) is 31.2 Å². The number of hydrogen-bond donors (Lipinski definition) is 1. The minimum atomic E-state index is -1.02. The van der Waals surface area contributed by atoms with E-state index in [1.807, 2.05) is 24.3 Å². The molecule has 23 heavy (non-hydrogen) atoms. The van der Waals surface area contributed by atoms with Crippen molar-refractivity contribution in [1.82, 2.24) is 10.2 Å². The molecule has 1 saturated carbocycles. The van der Waals surface area contributed by atoms with Crippen LogP contribution in [0.1, 0.15) is 31.2 Å². The van der Waals surface area contributed by atoms with Gasteiger partial charge in [0.05, 0.1) is 12.7 Å². The van der Waals surface area contributed by atoms with Gasteiger partial charge in [0.2, 0.25) is 0 Å². The summed E-state index contributed by atoms with van der Waals surface area (Å²) < 4.78 is 5.62. The summed E-state index contributed by atoms with van der Waals surface area (Å²) in [7, 11) is 0. The lowest BCUT2D eigenvalue weighted by molar-refractivity contribution is -0.133. The average molecular weight is 311 g/mol. The molecule has 2 heterocycles. The van der Waals surface area contributed by atoms with E-state index in [9.17, 15) is 9.59 Å². The average Bonchev–Trinajstić information content (AvgIpc) is 3.27. The first kappa shape index (κ1) is 14.1. The van der Waals surface area contributed by atoms with Crippen LogP contribution < -0.4 is 10.1 Å². The minimum absolute atomic E-state index is 0.196. The molecule has 1 spiro atoms. The normalized spacial score (nSPS) is 27.2. The minimum Gasteiger partial charge on any atom is -0.493 e. The van der Waals surface area contributed by atoms with Crippen molar-refractivity contribution in [3.63, 3.8) is 0 Å². The third-order valence-corrected chi connectivity index (χ3v) is 5.16. The number of carbonyl (C=O) groups excluding carboxylic acids is 2. The van der Waals surface area contributed by atoms with Gasteiger partial charge in [0.1, 0.15) is 5.75 Å². The third-order valence-electron chi connectivity index (χ3n) is 5.16. The molecule has 118 valence electrons. The van der Waals surface area contributed by atoms with Crippen LogP contribution >= 0.6 is 0 Å². The van der Waals surface area contributed by atoms with Gasteiger partial charge >= 0.3 is 6.03 Å². The highest BCUT2D eigenvalue weighted by atomic mass is 16.5. The summed E-state index contributed by atoms with van der Waals surface area (Å²) in [6, 6.07) is 9.15. The van der Waals surface area contributed by atoms with Crippen molar-refractivity contribution >= 4 is 11.9 Å². The smallest absolute Gasteiger partial charge is 0.325 e. The number of rotatable bonds is 3. The number of benzene rings is 1. The van der Waals surface area contributed by atoms with Crippen molar-refractivity contribution in [3.8, 4) is 11.8 Å². The van der Waals surface area contributed by atoms with Crippen LogP contribution in [0.5, 0.6) is 5.75 Å². The van der Waals surface area contributed by atoms with Gasteiger partial charge in [-0.1, -0.05) is 18.2 Å². The topological polar surface area (TPSA) is 82.4 Å². The molecule has 1 unspecified atom stereocenters. The Balaban J connectivity index is 1.67. The summed E-state index contributed by atoms with van der Waals surface area (Å²) in [5.74, 6) is 0.426. The van der Waals surface area contributed by atoms with Crippen LogP contribution in [0.15, 0.2) is 24.3 Å². The molecule has 1 aliphatic carbocycles. The fourth-order valence-electron chi connectivity index (χ4n) is 3.59. The predicted octanol–water partition coefficient (Wildman–Crippen LogP) is 1.91. The van der Waals surface area contributed by atoms with Gasteiger partial charge in [0, 0.05) is 30.4 Å². The number of hydrogen-bond acceptors (Lipinski definition) is 4. The zero-order chi connectivity index (χ0) is 16.1. The van der Waals surface area contributed by atoms with Crippen LogP contribution in [0.3, 0.4) is 0 Å². The number of para-hydroxylation sites is 1. The Morgan fingerprint density at radius 1 is 1.26 bits per heavy atom. The number of carbonyl (C=O) groups is 2. The Labute approximate surface area is 134 Å². The van der Waals surface area contributed by atoms with Gasteiger partial charge in [-0.15, -0.1) is 0 Å². The highest BCUT2D eigenvalue weighted by Gasteiger charge is 2.57. The molecule has 1 N–H and O–H groups in total. The molecule has 3 amide bonds. The number of nitrogens with zero attached hydrogens (tertiary/aromatic N) is 2. The van der Waals surface area contributed by atoms with Crippen LogP contribution in [-0.2, 0) is 10.3 Å². The summed E-state index contributed by atoms with van der Waals surface area (Å²) in [5.41, 5.74) is -0.496. The van der Waals surface area contributed by atoms with Gasteiger partial charge < -0.3 is 10.1 Å². The lowest BCUT2D eigenvalue weighted by Crippen LogP contribution is -2.47. The molecule has 0 radical (unpaired) electrons. The van der Waals surface area contributed by atoms with E-state index in [-0.39, 0.29) is 17.4 Å². The van der Waals surface area contributed by atoms with Gasteiger partial charge in [-0.3, -0.25) is 9.69 Å². The van der Waals surface area contributed by atoms with Gasteiger partial charge in [-0.2, -0.15) is 5.26 Å². The molecular formula is C17H17N3O3. The second kappa shape index (κ2) is 4.72. The van der Waals surface area contributed by atoms with Gasteiger partial charge in [-0.05, 0) is 18.9 Å². The molecule has 1 aromatic carbocycles. The zero-order valence-corrected chi connectivity index (χ0v) is 12.7. The lowest BCUT2D eigenvalue weighted by Gasteiger charge is -2.33. The summed E-state index contributed by atoms with van der Waals surface area (Å²) in [6.07, 6.45) is 2.60. The van der Waals surface area contributed by atoms with Crippen LogP contribution in [0.25, 0.3) is 0 Å². The number of urea groups is 1. The van der Waals surface area contributed by atoms with E-state index in [2.05, 4.69) is 11.4 Å². The van der Waals surface area contributed by atoms with E-state index in [4.69, 9.17) is 10.00 Å². The maximum atomic E-state index is 13.1. The number of imide groups is 1. The van der Waals surface area contributed by atoms with Crippen molar-refractivity contribution in [3.05, 3.63) is 29.8 Å². The molecule has 1 aromatic rings. The van der Waals surface area contributed by atoms with E-state index >= 15 is 0 Å². The first-order chi connectivity index (χ1) is 11.1. The largest absolute Gasteiger partial charge is 0.493 e. The summed E-state index contributed by atoms with van der Waals surface area (Å²) in [6.45, 7) is 0.718. The summed E-state index contributed by atoms with van der Waals surface area (Å²) in [4.78, 5) is 26.8. The van der Waals surface area contributed by atoms with E-state index in [1.54, 1.807) is 0 Å². The number of nitriles is 1. The summed E-state index contributed by atoms with van der Waals surface area (Å²) in [5, 5.41) is 11.8. The Bertz CT molecular complexity index is 735. The maximum Gasteiger partial charge on any atom is 0.325 e. The van der Waals surface area contributed by atoms with E-state index in [0.717, 1.165) is 18.4 Å². The van der Waals surface area contributed by atoms with E-state index < -0.39 is 5.54 Å². The molecule has 4 rings (SSSR count). The Kier molecular flexibility index (Phi) is 2.89. The lowest BCUT2D eigenvalue weighted by atomic mass is 9.84. The Hall–Kier alpha value is -2.55. The van der Waals surface area contributed by atoms with Crippen LogP contribution in [0.4, 0.5) is 4.79 Å². The molecule has 2 fully saturated rings. The van der Waals surface area contributed by atoms with Crippen molar-refractivity contribution in [2.24, 2.45) is 5.41 Å². The number of amides is 3. The molecule has 0 aromatic heterocycles. The molecule has 6 heteroatoms. The van der Waals surface area contributed by atoms with Crippen LogP contribution in [0.2, 0.25) is 0 Å². The quantitative estimate of drug-likeness (QED) is 0.864. The second-order valence-corrected chi connectivity index (χ2v) is 6.66. The molecule has 6 nitrogen and oxygen atoms in total. The van der Waals surface area contributed by atoms with Crippen molar-refractivity contribution in [2.75, 3.05) is 13.2 Å². The highest BCUT2D eigenvalue weighted by molar-refractivity contribution is 6.08. The van der Waals surface area contributed by atoms with Gasteiger partial charge in [-0.25, -0.2) is 4.79 Å². The Morgan fingerprint density at radius 2 is 2.04 bits per heavy atom. The first-order valence-corrected chi connectivity index (χ1v) is 7.84. The SMILES string of the molecule is N#CCC1(CN2C(=O)NC3(CCOc4ccccc43)C2=O)CC1. The third kappa shape index (κ3) is 2.00. The molecule has 2 aliphatic heterocycles. The fraction of sp³-hybridized carbons (Fsp3) is 0.471. The molecule has 1 atom stereocenters. The first-order valence-electron chi connectivity index (χ1n) is 7.84. The molecule has 3 aliphatic rings. The number of nitrogens with one attached hydrogen (secondary N) is 1.